The van der Waals surface area contributed by atoms with Gasteiger partial charge < -0.3 is 5.11 Å². The number of hydrogen-bond donors (Lipinski definition) is 1. The van der Waals surface area contributed by atoms with Crippen molar-refractivity contribution in [2.45, 2.75) is 31.9 Å². The Kier molecular flexibility index (Phi) is 6.65. The van der Waals surface area contributed by atoms with Crippen LogP contribution in [0, 0.1) is 13.8 Å². The van der Waals surface area contributed by atoms with E-state index in [-0.39, 0.29) is 18.0 Å². The van der Waals surface area contributed by atoms with Crippen LogP contribution >= 0.6 is 0 Å². The van der Waals surface area contributed by atoms with Crippen LogP contribution in [0.15, 0.2) is 48.5 Å². The zero-order valence-corrected chi connectivity index (χ0v) is 15.2. The lowest BCUT2D eigenvalue weighted by molar-refractivity contribution is -0.136. The maximum Gasteiger partial charge on any atom is 0.319 e. The molecule has 0 amide bonds. The highest BCUT2D eigenvalue weighted by molar-refractivity contribution is 7.87. The van der Waals surface area contributed by atoms with Crippen molar-refractivity contribution in [1.82, 2.24) is 0 Å². The standard InChI is InChI=1S/C20H22O4S/c1-14-8-10-17(12-15(14)2)18(21)13-25(24)19(20(22)23)11-9-16-6-4-3-5-7-16/h3-8,10,12,19H,9,11,13H2,1-2H3,(H,22,23). The molecule has 0 aliphatic heterocycles. The second kappa shape index (κ2) is 8.72. The molecule has 0 bridgehead atoms. The smallest absolute Gasteiger partial charge is 0.319 e. The lowest BCUT2D eigenvalue weighted by atomic mass is 10.0. The van der Waals surface area contributed by atoms with Gasteiger partial charge in [0, 0.05) is 16.4 Å². The third-order valence-electron chi connectivity index (χ3n) is 4.23. The fourth-order valence-electron chi connectivity index (χ4n) is 2.54. The minimum atomic E-state index is -1.75. The van der Waals surface area contributed by atoms with E-state index in [1.165, 1.54) is 0 Å². The first-order valence-electron chi connectivity index (χ1n) is 8.13. The molecule has 2 atom stereocenters. The maximum atomic E-state index is 12.5. The Balaban J connectivity index is 2.03. The van der Waals surface area contributed by atoms with Crippen LogP contribution < -0.4 is 0 Å². The van der Waals surface area contributed by atoms with Gasteiger partial charge in [-0.2, -0.15) is 0 Å². The zero-order valence-electron chi connectivity index (χ0n) is 14.4. The van der Waals surface area contributed by atoms with Gasteiger partial charge in [0.1, 0.15) is 5.25 Å². The van der Waals surface area contributed by atoms with Crippen LogP contribution in [0.2, 0.25) is 0 Å². The van der Waals surface area contributed by atoms with Crippen molar-refractivity contribution < 1.29 is 18.9 Å². The highest BCUT2D eigenvalue weighted by Gasteiger charge is 2.26. The Morgan fingerprint density at radius 1 is 1.04 bits per heavy atom. The van der Waals surface area contributed by atoms with Gasteiger partial charge in [0.2, 0.25) is 0 Å². The molecule has 2 unspecified atom stereocenters. The van der Waals surface area contributed by atoms with Crippen LogP contribution in [0.1, 0.15) is 33.5 Å². The number of rotatable bonds is 8. The number of carbonyl (C=O) groups is 2. The third kappa shape index (κ3) is 5.36. The number of aryl methyl sites for hydroxylation is 3. The van der Waals surface area contributed by atoms with Gasteiger partial charge in [0.25, 0.3) is 0 Å². The van der Waals surface area contributed by atoms with Gasteiger partial charge in [0.05, 0.1) is 5.75 Å². The van der Waals surface area contributed by atoms with E-state index in [1.54, 1.807) is 12.1 Å². The van der Waals surface area contributed by atoms with Crippen LogP contribution in [-0.2, 0) is 22.0 Å². The van der Waals surface area contributed by atoms with E-state index in [1.807, 2.05) is 50.2 Å². The molecular weight excluding hydrogens is 336 g/mol. The molecule has 0 radical (unpaired) electrons. The lowest BCUT2D eigenvalue weighted by Gasteiger charge is -2.12. The number of carboxylic acid groups (broad SMARTS) is 1. The van der Waals surface area contributed by atoms with Crippen molar-refractivity contribution in [1.29, 1.82) is 0 Å². The Morgan fingerprint density at radius 3 is 2.32 bits per heavy atom. The maximum absolute atomic E-state index is 12.5. The molecule has 2 aromatic rings. The van der Waals surface area contributed by atoms with Crippen molar-refractivity contribution in [3.63, 3.8) is 0 Å². The number of Topliss-reactive ketones (excluding diaryl/α,β-unsaturated/α-hetero) is 1. The minimum absolute atomic E-state index is 0.242. The molecular formula is C20H22O4S. The first-order chi connectivity index (χ1) is 11.9. The van der Waals surface area contributed by atoms with Crippen molar-refractivity contribution in [3.05, 3.63) is 70.8 Å². The summed E-state index contributed by atoms with van der Waals surface area (Å²) in [5.74, 6) is -1.68. The van der Waals surface area contributed by atoms with E-state index in [2.05, 4.69) is 0 Å². The van der Waals surface area contributed by atoms with E-state index in [0.29, 0.717) is 12.0 Å². The average molecular weight is 358 g/mol. The van der Waals surface area contributed by atoms with Crippen LogP contribution in [-0.4, -0.2) is 32.1 Å². The summed E-state index contributed by atoms with van der Waals surface area (Å²) in [6.07, 6.45) is 0.757. The van der Waals surface area contributed by atoms with Gasteiger partial charge in [-0.1, -0.05) is 42.5 Å². The summed E-state index contributed by atoms with van der Waals surface area (Å²) >= 11 is 0. The number of benzene rings is 2. The Bertz CT molecular complexity index is 784. The van der Waals surface area contributed by atoms with Crippen molar-refractivity contribution in [2.24, 2.45) is 0 Å². The Labute approximate surface area is 150 Å². The molecule has 1 N–H and O–H groups in total. The zero-order chi connectivity index (χ0) is 18.4. The van der Waals surface area contributed by atoms with E-state index in [4.69, 9.17) is 0 Å². The number of carboxylic acids is 1. The summed E-state index contributed by atoms with van der Waals surface area (Å²) in [6.45, 7) is 3.86. The third-order valence-corrected chi connectivity index (χ3v) is 5.85. The predicted molar refractivity (Wildman–Crippen MR) is 99.4 cm³/mol. The summed E-state index contributed by atoms with van der Waals surface area (Å²) in [4.78, 5) is 23.8. The number of carbonyl (C=O) groups excluding carboxylic acids is 1. The topological polar surface area (TPSA) is 71.4 Å². The molecule has 5 heteroatoms. The molecule has 0 saturated heterocycles. The van der Waals surface area contributed by atoms with Gasteiger partial charge in [0.15, 0.2) is 5.78 Å². The Hall–Kier alpha value is -2.27. The highest BCUT2D eigenvalue weighted by Crippen LogP contribution is 2.14. The minimum Gasteiger partial charge on any atom is -0.480 e. The molecule has 0 fully saturated rings. The molecule has 4 nitrogen and oxygen atoms in total. The second-order valence-electron chi connectivity index (χ2n) is 6.10. The molecule has 0 saturated carbocycles. The SMILES string of the molecule is Cc1ccc(C(=O)CS(=O)C(CCc2ccccc2)C(=O)O)cc1C. The molecule has 132 valence electrons. The molecule has 0 spiro atoms. The Morgan fingerprint density at radius 2 is 1.72 bits per heavy atom. The van der Waals surface area contributed by atoms with Crippen LogP contribution in [0.4, 0.5) is 0 Å². The molecule has 2 rings (SSSR count). The average Bonchev–Trinajstić information content (AvgIpc) is 2.58. The van der Waals surface area contributed by atoms with Gasteiger partial charge in [-0.05, 0) is 49.4 Å². The summed E-state index contributed by atoms with van der Waals surface area (Å²) in [5.41, 5.74) is 3.52. The summed E-state index contributed by atoms with van der Waals surface area (Å²) in [5, 5.41) is 8.34. The molecule has 0 aliphatic rings. The van der Waals surface area contributed by atoms with Gasteiger partial charge >= 0.3 is 5.97 Å². The summed E-state index contributed by atoms with van der Waals surface area (Å²) in [6, 6.07) is 14.8. The number of ketones is 1. The first-order valence-corrected chi connectivity index (χ1v) is 9.51. The fraction of sp³-hybridized carbons (Fsp3) is 0.300. The molecule has 2 aromatic carbocycles. The van der Waals surface area contributed by atoms with Gasteiger partial charge in [-0.25, -0.2) is 0 Å². The van der Waals surface area contributed by atoms with Gasteiger partial charge in [-0.3, -0.25) is 13.8 Å². The molecule has 25 heavy (non-hydrogen) atoms. The highest BCUT2D eigenvalue weighted by atomic mass is 32.2. The largest absolute Gasteiger partial charge is 0.480 e. The first kappa shape index (κ1) is 19.1. The molecule has 0 aliphatic carbocycles. The summed E-state index contributed by atoms with van der Waals surface area (Å²) in [7, 11) is -1.75. The van der Waals surface area contributed by atoms with Crippen molar-refractivity contribution in [2.75, 3.05) is 5.75 Å². The lowest BCUT2D eigenvalue weighted by Crippen LogP contribution is -2.30. The number of hydrogen-bond acceptors (Lipinski definition) is 3. The van der Waals surface area contributed by atoms with Gasteiger partial charge in [-0.15, -0.1) is 0 Å². The van der Waals surface area contributed by atoms with E-state index in [0.717, 1.165) is 16.7 Å². The van der Waals surface area contributed by atoms with Crippen molar-refractivity contribution in [3.8, 4) is 0 Å². The predicted octanol–water partition coefficient (Wildman–Crippen LogP) is 3.32. The van der Waals surface area contributed by atoms with Crippen LogP contribution in [0.25, 0.3) is 0 Å². The quantitative estimate of drug-likeness (QED) is 0.735. The molecule has 0 aromatic heterocycles. The van der Waals surface area contributed by atoms with Crippen LogP contribution in [0.3, 0.4) is 0 Å². The van der Waals surface area contributed by atoms with E-state index in [9.17, 15) is 18.9 Å². The second-order valence-corrected chi connectivity index (χ2v) is 7.72. The summed E-state index contributed by atoms with van der Waals surface area (Å²) < 4.78 is 12.5. The number of aliphatic carboxylic acids is 1. The van der Waals surface area contributed by atoms with Crippen molar-refractivity contribution >= 4 is 22.6 Å². The fourth-order valence-corrected chi connectivity index (χ4v) is 3.77. The van der Waals surface area contributed by atoms with Crippen LogP contribution in [0.5, 0.6) is 0 Å². The monoisotopic (exact) mass is 358 g/mol. The van der Waals surface area contributed by atoms with E-state index < -0.39 is 22.0 Å². The molecule has 0 heterocycles. The van der Waals surface area contributed by atoms with E-state index >= 15 is 0 Å². The normalized spacial score (nSPS) is 13.2.